The number of hydrogen-bond donors (Lipinski definition) is 2. The van der Waals surface area contributed by atoms with Crippen molar-refractivity contribution in [2.75, 3.05) is 12.3 Å². The molecule has 0 spiro atoms. The fourth-order valence-electron chi connectivity index (χ4n) is 4.83. The van der Waals surface area contributed by atoms with Gasteiger partial charge in [0.05, 0.1) is 11.3 Å². The SMILES string of the molecule is CC(C)n1nc(-c2cnc(N)c(C(F)(F)F)c2)cc1[C@H]1[C@@H]2CC(F)(CCO)C[C@@H]21. The van der Waals surface area contributed by atoms with E-state index in [-0.39, 0.29) is 42.4 Å². The third kappa shape index (κ3) is 3.49. The van der Waals surface area contributed by atoms with E-state index >= 15 is 0 Å². The minimum absolute atomic E-state index is 0.0106. The van der Waals surface area contributed by atoms with E-state index in [0.717, 1.165) is 11.8 Å². The minimum atomic E-state index is -4.60. The Bertz CT molecular complexity index is 912. The van der Waals surface area contributed by atoms with Gasteiger partial charge in [-0.25, -0.2) is 9.37 Å². The smallest absolute Gasteiger partial charge is 0.396 e. The van der Waals surface area contributed by atoms with Gasteiger partial charge in [0.15, 0.2) is 0 Å². The van der Waals surface area contributed by atoms with E-state index in [4.69, 9.17) is 10.8 Å². The number of aliphatic hydroxyl groups is 1. The molecule has 2 aromatic heterocycles. The second-order valence-corrected chi connectivity index (χ2v) is 8.53. The zero-order valence-electron chi connectivity index (χ0n) is 16.2. The number of pyridine rings is 1. The summed E-state index contributed by atoms with van der Waals surface area (Å²) in [6.07, 6.45) is -2.34. The van der Waals surface area contributed by atoms with Crippen molar-refractivity contribution < 1.29 is 22.7 Å². The standard InChI is InChI=1S/C20H24F4N4O/c1-10(2)28-16(17-12-7-19(21,3-4-29)8-13(12)17)6-15(27-28)11-5-14(20(22,23)24)18(25)26-9-11/h5-6,9-10,12-13,17,29H,3-4,7-8H2,1-2H3,(H2,25,26)/t12-,13+,17+,19?. The van der Waals surface area contributed by atoms with E-state index in [2.05, 4.69) is 10.1 Å². The molecule has 2 heterocycles. The van der Waals surface area contributed by atoms with Crippen LogP contribution in [0, 0.1) is 11.8 Å². The molecule has 29 heavy (non-hydrogen) atoms. The lowest BCUT2D eigenvalue weighted by Crippen LogP contribution is -2.23. The minimum Gasteiger partial charge on any atom is -0.396 e. The molecular formula is C20H24F4N4O. The molecule has 0 bridgehead atoms. The van der Waals surface area contributed by atoms with Crippen LogP contribution in [-0.4, -0.2) is 32.1 Å². The monoisotopic (exact) mass is 412 g/mol. The Morgan fingerprint density at radius 2 is 1.93 bits per heavy atom. The molecule has 4 rings (SSSR count). The van der Waals surface area contributed by atoms with E-state index in [1.165, 1.54) is 6.20 Å². The fraction of sp³-hybridized carbons (Fsp3) is 0.600. The van der Waals surface area contributed by atoms with E-state index in [1.54, 1.807) is 6.07 Å². The van der Waals surface area contributed by atoms with Gasteiger partial charge in [0.25, 0.3) is 0 Å². The van der Waals surface area contributed by atoms with Crippen molar-refractivity contribution in [3.8, 4) is 11.3 Å². The second-order valence-electron chi connectivity index (χ2n) is 8.53. The van der Waals surface area contributed by atoms with Gasteiger partial charge in [-0.2, -0.15) is 18.3 Å². The van der Waals surface area contributed by atoms with Crippen molar-refractivity contribution in [1.29, 1.82) is 0 Å². The normalized spacial score (nSPS) is 28.8. The number of halogens is 4. The first-order valence-corrected chi connectivity index (χ1v) is 9.76. The Hall–Kier alpha value is -2.16. The fourth-order valence-corrected chi connectivity index (χ4v) is 4.83. The molecule has 5 nitrogen and oxygen atoms in total. The molecule has 2 fully saturated rings. The Balaban J connectivity index is 1.65. The summed E-state index contributed by atoms with van der Waals surface area (Å²) in [5.74, 6) is -0.0533. The van der Waals surface area contributed by atoms with Gasteiger partial charge in [0.2, 0.25) is 0 Å². The van der Waals surface area contributed by atoms with Crippen LogP contribution >= 0.6 is 0 Å². The lowest BCUT2D eigenvalue weighted by Gasteiger charge is -2.22. The predicted octanol–water partition coefficient (Wildman–Crippen LogP) is 4.34. The van der Waals surface area contributed by atoms with Gasteiger partial charge in [-0.05, 0) is 50.7 Å². The first-order valence-electron chi connectivity index (χ1n) is 9.76. The Kier molecular flexibility index (Phi) is 4.64. The highest BCUT2D eigenvalue weighted by Gasteiger charge is 2.63. The lowest BCUT2D eigenvalue weighted by atomic mass is 9.92. The third-order valence-corrected chi connectivity index (χ3v) is 6.21. The molecule has 1 unspecified atom stereocenters. The van der Waals surface area contributed by atoms with Crippen LogP contribution in [0.5, 0.6) is 0 Å². The highest BCUT2D eigenvalue weighted by molar-refractivity contribution is 5.63. The third-order valence-electron chi connectivity index (χ3n) is 6.21. The van der Waals surface area contributed by atoms with Crippen LogP contribution in [0.4, 0.5) is 23.4 Å². The summed E-state index contributed by atoms with van der Waals surface area (Å²) in [7, 11) is 0. The molecule has 2 saturated carbocycles. The van der Waals surface area contributed by atoms with E-state index in [1.807, 2.05) is 18.5 Å². The number of nitrogens with two attached hydrogens (primary N) is 1. The molecule has 3 N–H and O–H groups in total. The van der Waals surface area contributed by atoms with Gasteiger partial charge < -0.3 is 10.8 Å². The van der Waals surface area contributed by atoms with E-state index < -0.39 is 23.2 Å². The molecule has 0 radical (unpaired) electrons. The Morgan fingerprint density at radius 3 is 2.48 bits per heavy atom. The van der Waals surface area contributed by atoms with Gasteiger partial charge in [0.1, 0.15) is 11.5 Å². The maximum atomic E-state index is 14.7. The maximum absolute atomic E-state index is 14.7. The van der Waals surface area contributed by atoms with Gasteiger partial charge in [-0.1, -0.05) is 0 Å². The molecule has 2 aliphatic rings. The number of aliphatic hydroxyl groups excluding tert-OH is 1. The van der Waals surface area contributed by atoms with E-state index in [0.29, 0.717) is 18.5 Å². The molecule has 158 valence electrons. The second kappa shape index (κ2) is 6.68. The van der Waals surface area contributed by atoms with Gasteiger partial charge >= 0.3 is 6.18 Å². The summed E-state index contributed by atoms with van der Waals surface area (Å²) >= 11 is 0. The van der Waals surface area contributed by atoms with Crippen LogP contribution in [0.15, 0.2) is 18.3 Å². The first-order chi connectivity index (χ1) is 13.5. The summed E-state index contributed by atoms with van der Waals surface area (Å²) < 4.78 is 56.1. The predicted molar refractivity (Wildman–Crippen MR) is 99.8 cm³/mol. The molecular weight excluding hydrogens is 388 g/mol. The van der Waals surface area contributed by atoms with Crippen molar-refractivity contribution in [3.05, 3.63) is 29.6 Å². The van der Waals surface area contributed by atoms with Crippen LogP contribution in [0.25, 0.3) is 11.3 Å². The number of nitrogen functional groups attached to an aromatic ring is 1. The number of hydrogen-bond acceptors (Lipinski definition) is 4. The van der Waals surface area contributed by atoms with Crippen molar-refractivity contribution in [1.82, 2.24) is 14.8 Å². The molecule has 0 aromatic carbocycles. The first kappa shape index (κ1) is 20.1. The molecule has 0 amide bonds. The quantitative estimate of drug-likeness (QED) is 0.717. The van der Waals surface area contributed by atoms with Crippen molar-refractivity contribution in [2.24, 2.45) is 11.8 Å². The lowest BCUT2D eigenvalue weighted by molar-refractivity contribution is -0.137. The summed E-state index contributed by atoms with van der Waals surface area (Å²) in [6.45, 7) is 3.73. The number of fused-ring (bicyclic) bond motifs is 1. The molecule has 2 aromatic rings. The van der Waals surface area contributed by atoms with E-state index in [9.17, 15) is 17.6 Å². The summed E-state index contributed by atoms with van der Waals surface area (Å²) in [5, 5.41) is 13.6. The van der Waals surface area contributed by atoms with Crippen LogP contribution in [0.3, 0.4) is 0 Å². The summed E-state index contributed by atoms with van der Waals surface area (Å²) in [6, 6.07) is 2.78. The number of aromatic nitrogens is 3. The molecule has 0 saturated heterocycles. The Morgan fingerprint density at radius 1 is 1.28 bits per heavy atom. The molecule has 0 aliphatic heterocycles. The van der Waals surface area contributed by atoms with Gasteiger partial charge in [0, 0.05) is 42.4 Å². The topological polar surface area (TPSA) is 77.0 Å². The van der Waals surface area contributed by atoms with Crippen LogP contribution in [-0.2, 0) is 6.18 Å². The number of anilines is 1. The van der Waals surface area contributed by atoms with Crippen LogP contribution < -0.4 is 5.73 Å². The highest BCUT2D eigenvalue weighted by Crippen LogP contribution is 2.67. The zero-order chi connectivity index (χ0) is 21.1. The van der Waals surface area contributed by atoms with Gasteiger partial charge in [-0.3, -0.25) is 4.68 Å². The zero-order valence-corrected chi connectivity index (χ0v) is 16.2. The highest BCUT2D eigenvalue weighted by atomic mass is 19.4. The van der Waals surface area contributed by atoms with Crippen LogP contribution in [0.1, 0.15) is 56.3 Å². The molecule has 9 heteroatoms. The largest absolute Gasteiger partial charge is 0.419 e. The molecule has 2 aliphatic carbocycles. The van der Waals surface area contributed by atoms with Crippen molar-refractivity contribution in [3.63, 3.8) is 0 Å². The number of rotatable bonds is 5. The average Bonchev–Trinajstić information content (AvgIpc) is 2.96. The number of nitrogens with zero attached hydrogens (tertiary/aromatic N) is 3. The van der Waals surface area contributed by atoms with Crippen molar-refractivity contribution >= 4 is 5.82 Å². The maximum Gasteiger partial charge on any atom is 0.419 e. The summed E-state index contributed by atoms with van der Waals surface area (Å²) in [4.78, 5) is 3.70. The van der Waals surface area contributed by atoms with Crippen molar-refractivity contribution in [2.45, 2.75) is 56.9 Å². The van der Waals surface area contributed by atoms with Crippen LogP contribution in [0.2, 0.25) is 0 Å². The Labute approximate surface area is 165 Å². The van der Waals surface area contributed by atoms with Gasteiger partial charge in [-0.15, -0.1) is 0 Å². The average molecular weight is 412 g/mol. The number of alkyl halides is 4. The molecule has 4 atom stereocenters. The summed E-state index contributed by atoms with van der Waals surface area (Å²) in [5.41, 5.74) is 4.67.